The van der Waals surface area contributed by atoms with E-state index in [0.29, 0.717) is 5.04 Å². The van der Waals surface area contributed by atoms with Crippen LogP contribution in [-0.2, 0) is 0 Å². The molecule has 0 aliphatic heterocycles. The van der Waals surface area contributed by atoms with E-state index in [2.05, 4.69) is 46.5 Å². The molecule has 0 radical (unpaired) electrons. The van der Waals surface area contributed by atoms with Gasteiger partial charge in [-0.25, -0.2) is 0 Å². The zero-order valence-electron chi connectivity index (χ0n) is 12.4. The van der Waals surface area contributed by atoms with E-state index in [0.717, 1.165) is 6.54 Å². The van der Waals surface area contributed by atoms with Crippen molar-refractivity contribution < 1.29 is 0 Å². The average Bonchev–Trinajstić information content (AvgIpc) is 2.20. The summed E-state index contributed by atoms with van der Waals surface area (Å²) in [5.41, 5.74) is 0. The monoisotopic (exact) mass is 243 g/mol. The number of hydrogen-bond acceptors (Lipinski definition) is 1. The third-order valence-electron chi connectivity index (χ3n) is 3.87. The molecule has 98 valence electrons. The Morgan fingerprint density at radius 1 is 0.875 bits per heavy atom. The molecule has 0 aliphatic rings. The molecule has 0 aromatic heterocycles. The highest BCUT2D eigenvalue weighted by Gasteiger charge is 2.42. The van der Waals surface area contributed by atoms with E-state index in [9.17, 15) is 0 Å². The van der Waals surface area contributed by atoms with Gasteiger partial charge in [-0.3, -0.25) is 0 Å². The van der Waals surface area contributed by atoms with Crippen molar-refractivity contribution in [2.24, 2.45) is 0 Å². The second-order valence-electron chi connectivity index (χ2n) is 6.07. The molecule has 0 saturated carbocycles. The fraction of sp³-hybridized carbons (Fsp3) is 1.00. The molecule has 0 atom stereocenters. The quantitative estimate of drug-likeness (QED) is 0.595. The molecular weight excluding hydrogens is 210 g/mol. The minimum Gasteiger partial charge on any atom is -0.337 e. The van der Waals surface area contributed by atoms with Gasteiger partial charge in [-0.1, -0.05) is 67.2 Å². The average molecular weight is 244 g/mol. The molecule has 0 fully saturated rings. The molecule has 0 aromatic rings. The van der Waals surface area contributed by atoms with E-state index in [1.807, 2.05) is 0 Å². The van der Waals surface area contributed by atoms with Crippen LogP contribution in [0.2, 0.25) is 17.1 Å². The van der Waals surface area contributed by atoms with Crippen LogP contribution in [0.4, 0.5) is 0 Å². The van der Waals surface area contributed by atoms with Crippen molar-refractivity contribution in [3.05, 3.63) is 0 Å². The van der Waals surface area contributed by atoms with E-state index in [1.54, 1.807) is 0 Å². The van der Waals surface area contributed by atoms with Gasteiger partial charge < -0.3 is 4.98 Å². The first-order valence-electron chi connectivity index (χ1n) is 7.18. The standard InChI is InChI=1S/C14H33NSi/c1-7-10-12-16(15-9-3,13-11-8-2)14(4,5)6/h15H,7-13H2,1-6H3. The Kier molecular flexibility index (Phi) is 7.58. The lowest BCUT2D eigenvalue weighted by Crippen LogP contribution is -2.57. The normalized spacial score (nSPS) is 13.1. The second kappa shape index (κ2) is 7.49. The Hall–Kier alpha value is 0.177. The topological polar surface area (TPSA) is 12.0 Å². The van der Waals surface area contributed by atoms with Gasteiger partial charge in [0.05, 0.1) is 0 Å². The van der Waals surface area contributed by atoms with Gasteiger partial charge in [0.1, 0.15) is 8.24 Å². The largest absolute Gasteiger partial charge is 0.337 e. The summed E-state index contributed by atoms with van der Waals surface area (Å²) in [5, 5.41) is 0.493. The third kappa shape index (κ3) is 4.58. The van der Waals surface area contributed by atoms with Crippen LogP contribution in [0.5, 0.6) is 0 Å². The van der Waals surface area contributed by atoms with E-state index in [4.69, 9.17) is 0 Å². The van der Waals surface area contributed by atoms with Crippen molar-refractivity contribution in [1.82, 2.24) is 4.98 Å². The lowest BCUT2D eigenvalue weighted by molar-refractivity contribution is 0.641. The highest BCUT2D eigenvalue weighted by molar-refractivity contribution is 6.80. The van der Waals surface area contributed by atoms with Gasteiger partial charge in [0.15, 0.2) is 0 Å². The van der Waals surface area contributed by atoms with E-state index in [-0.39, 0.29) is 0 Å². The molecule has 0 aromatic carbocycles. The van der Waals surface area contributed by atoms with Gasteiger partial charge in [-0.15, -0.1) is 0 Å². The predicted molar refractivity (Wildman–Crippen MR) is 78.6 cm³/mol. The molecular formula is C14H33NSi. The van der Waals surface area contributed by atoms with Crippen LogP contribution in [0.3, 0.4) is 0 Å². The van der Waals surface area contributed by atoms with Crippen LogP contribution in [0.15, 0.2) is 0 Å². The summed E-state index contributed by atoms with van der Waals surface area (Å²) in [5.74, 6) is 0. The molecule has 0 spiro atoms. The molecule has 1 N–H and O–H groups in total. The highest BCUT2D eigenvalue weighted by Crippen LogP contribution is 2.41. The Labute approximate surface area is 104 Å². The first kappa shape index (κ1) is 16.2. The van der Waals surface area contributed by atoms with Gasteiger partial charge in [0.2, 0.25) is 0 Å². The zero-order chi connectivity index (χ0) is 12.7. The molecule has 0 amide bonds. The second-order valence-corrected chi connectivity index (χ2v) is 11.1. The number of rotatable bonds is 8. The maximum Gasteiger partial charge on any atom is 0.131 e. The van der Waals surface area contributed by atoms with E-state index >= 15 is 0 Å². The van der Waals surface area contributed by atoms with Crippen molar-refractivity contribution in [1.29, 1.82) is 0 Å². The van der Waals surface area contributed by atoms with Gasteiger partial charge >= 0.3 is 0 Å². The molecule has 0 bridgehead atoms. The van der Waals surface area contributed by atoms with Crippen LogP contribution in [-0.4, -0.2) is 14.8 Å². The molecule has 0 rings (SSSR count). The summed E-state index contributed by atoms with van der Waals surface area (Å²) in [6.07, 6.45) is 5.48. The molecule has 0 saturated heterocycles. The van der Waals surface area contributed by atoms with Crippen LogP contribution in [0, 0.1) is 0 Å². The zero-order valence-corrected chi connectivity index (χ0v) is 13.4. The van der Waals surface area contributed by atoms with Crippen molar-refractivity contribution in [3.63, 3.8) is 0 Å². The first-order chi connectivity index (χ1) is 7.43. The van der Waals surface area contributed by atoms with E-state index in [1.165, 1.54) is 37.8 Å². The Morgan fingerprint density at radius 2 is 1.31 bits per heavy atom. The maximum atomic E-state index is 3.94. The van der Waals surface area contributed by atoms with Gasteiger partial charge in [-0.2, -0.15) is 0 Å². The van der Waals surface area contributed by atoms with Crippen LogP contribution in [0.25, 0.3) is 0 Å². The minimum absolute atomic E-state index is 0.493. The first-order valence-corrected chi connectivity index (χ1v) is 9.60. The van der Waals surface area contributed by atoms with Crippen molar-refractivity contribution in [3.8, 4) is 0 Å². The smallest absolute Gasteiger partial charge is 0.131 e. The lowest BCUT2D eigenvalue weighted by Gasteiger charge is -2.44. The summed E-state index contributed by atoms with van der Waals surface area (Å²) < 4.78 is 0. The molecule has 16 heavy (non-hydrogen) atoms. The van der Waals surface area contributed by atoms with E-state index < -0.39 is 8.24 Å². The van der Waals surface area contributed by atoms with Gasteiger partial charge in [0.25, 0.3) is 0 Å². The van der Waals surface area contributed by atoms with Gasteiger partial charge in [0, 0.05) is 0 Å². The summed E-state index contributed by atoms with van der Waals surface area (Å²) in [6, 6.07) is 2.92. The SMILES string of the molecule is CCCC[Si](CCCC)(NCC)C(C)(C)C. The Balaban J connectivity index is 4.74. The number of nitrogens with one attached hydrogen (secondary N) is 1. The molecule has 1 nitrogen and oxygen atoms in total. The molecule has 0 heterocycles. The fourth-order valence-corrected chi connectivity index (χ4v) is 7.84. The molecule has 0 unspecified atom stereocenters. The summed E-state index contributed by atoms with van der Waals surface area (Å²) >= 11 is 0. The minimum atomic E-state index is -1.29. The summed E-state index contributed by atoms with van der Waals surface area (Å²) in [4.78, 5) is 3.94. The van der Waals surface area contributed by atoms with Crippen molar-refractivity contribution >= 4 is 8.24 Å². The highest BCUT2D eigenvalue weighted by atomic mass is 28.3. The van der Waals surface area contributed by atoms with Crippen LogP contribution in [0.1, 0.15) is 67.2 Å². The molecule has 2 heteroatoms. The summed E-state index contributed by atoms with van der Waals surface area (Å²) in [7, 11) is -1.29. The number of hydrogen-bond donors (Lipinski definition) is 1. The maximum absolute atomic E-state index is 3.94. The summed E-state index contributed by atoms with van der Waals surface area (Å²) in [6.45, 7) is 15.4. The van der Waals surface area contributed by atoms with Gasteiger partial charge in [-0.05, 0) is 23.7 Å². The third-order valence-corrected chi connectivity index (χ3v) is 10.2. The van der Waals surface area contributed by atoms with Crippen molar-refractivity contribution in [2.75, 3.05) is 6.54 Å². The van der Waals surface area contributed by atoms with Crippen LogP contribution < -0.4 is 4.98 Å². The number of unbranched alkanes of at least 4 members (excludes halogenated alkanes) is 2. The lowest BCUT2D eigenvalue weighted by atomic mass is 10.2. The fourth-order valence-electron chi connectivity index (χ4n) is 2.61. The van der Waals surface area contributed by atoms with Crippen molar-refractivity contribution in [2.45, 2.75) is 84.4 Å². The molecule has 0 aliphatic carbocycles. The Bertz CT molecular complexity index is 164. The Morgan fingerprint density at radius 3 is 1.56 bits per heavy atom. The predicted octanol–water partition coefficient (Wildman–Crippen LogP) is 4.94. The van der Waals surface area contributed by atoms with Crippen LogP contribution >= 0.6 is 0 Å².